The summed E-state index contributed by atoms with van der Waals surface area (Å²) < 4.78 is 32.8. The molecule has 0 aliphatic heterocycles. The molecular weight excluding hydrogens is 380 g/mol. The highest BCUT2D eigenvalue weighted by Crippen LogP contribution is 2.22. The van der Waals surface area contributed by atoms with Gasteiger partial charge in [-0.25, -0.2) is 13.2 Å². The summed E-state index contributed by atoms with van der Waals surface area (Å²) in [6.45, 7) is 5.46. The summed E-state index contributed by atoms with van der Waals surface area (Å²) >= 11 is 0. The fourth-order valence-corrected chi connectivity index (χ4v) is 3.56. The first-order chi connectivity index (χ1) is 13.2. The van der Waals surface area contributed by atoms with E-state index in [1.807, 2.05) is 6.92 Å². The summed E-state index contributed by atoms with van der Waals surface area (Å²) in [7, 11) is -3.81. The Kier molecular flexibility index (Phi) is 7.17. The van der Waals surface area contributed by atoms with Crippen molar-refractivity contribution in [2.45, 2.75) is 38.5 Å². The molecular formula is C20H24N2O5S. The summed E-state index contributed by atoms with van der Waals surface area (Å²) in [5.41, 5.74) is 1.86. The first kappa shape index (κ1) is 21.4. The van der Waals surface area contributed by atoms with Gasteiger partial charge >= 0.3 is 5.97 Å². The van der Waals surface area contributed by atoms with Crippen LogP contribution in [-0.4, -0.2) is 26.9 Å². The van der Waals surface area contributed by atoms with E-state index in [4.69, 9.17) is 4.74 Å². The van der Waals surface area contributed by atoms with Gasteiger partial charge in [0.1, 0.15) is 0 Å². The van der Waals surface area contributed by atoms with Crippen LogP contribution in [0.4, 0.5) is 11.4 Å². The van der Waals surface area contributed by atoms with Crippen LogP contribution < -0.4 is 10.0 Å². The number of unbranched alkanes of at least 4 members (excludes halogenated alkanes) is 1. The molecule has 2 aromatic carbocycles. The summed E-state index contributed by atoms with van der Waals surface area (Å²) in [6.07, 6.45) is 1.73. The molecule has 0 fully saturated rings. The van der Waals surface area contributed by atoms with Gasteiger partial charge in [-0.05, 0) is 61.4 Å². The minimum atomic E-state index is -3.81. The predicted octanol–water partition coefficient (Wildman–Crippen LogP) is 3.71. The zero-order valence-corrected chi connectivity index (χ0v) is 16.9. The SMILES string of the molecule is CCCCOC(=O)c1ccc(NS(=O)(=O)c2ccc(NC(C)=O)c(C)c2)cc1. The van der Waals surface area contributed by atoms with E-state index < -0.39 is 16.0 Å². The highest BCUT2D eigenvalue weighted by atomic mass is 32.2. The molecule has 7 nitrogen and oxygen atoms in total. The van der Waals surface area contributed by atoms with Gasteiger partial charge in [0.2, 0.25) is 5.91 Å². The van der Waals surface area contributed by atoms with E-state index in [1.54, 1.807) is 13.0 Å². The monoisotopic (exact) mass is 404 g/mol. The number of nitrogens with one attached hydrogen (secondary N) is 2. The lowest BCUT2D eigenvalue weighted by atomic mass is 10.2. The molecule has 0 aliphatic carbocycles. The van der Waals surface area contributed by atoms with Crippen molar-refractivity contribution in [3.63, 3.8) is 0 Å². The first-order valence-corrected chi connectivity index (χ1v) is 10.4. The minimum absolute atomic E-state index is 0.0714. The van der Waals surface area contributed by atoms with Gasteiger partial charge in [-0.2, -0.15) is 0 Å². The number of carbonyl (C=O) groups excluding carboxylic acids is 2. The van der Waals surface area contributed by atoms with Crippen LogP contribution in [-0.2, 0) is 19.6 Å². The molecule has 0 bridgehead atoms. The lowest BCUT2D eigenvalue weighted by Crippen LogP contribution is -2.14. The number of aryl methyl sites for hydroxylation is 1. The minimum Gasteiger partial charge on any atom is -0.462 e. The normalized spacial score (nSPS) is 11.0. The molecule has 0 saturated heterocycles. The van der Waals surface area contributed by atoms with Gasteiger partial charge in [0, 0.05) is 18.3 Å². The summed E-state index contributed by atoms with van der Waals surface area (Å²) in [4.78, 5) is 23.1. The lowest BCUT2D eigenvalue weighted by Gasteiger charge is -2.12. The predicted molar refractivity (Wildman–Crippen MR) is 108 cm³/mol. The molecule has 2 rings (SSSR count). The molecule has 0 saturated carbocycles. The quantitative estimate of drug-likeness (QED) is 0.516. The molecule has 0 aromatic heterocycles. The van der Waals surface area contributed by atoms with E-state index >= 15 is 0 Å². The van der Waals surface area contributed by atoms with Crippen LogP contribution in [0.15, 0.2) is 47.4 Å². The Hall–Kier alpha value is -2.87. The maximum Gasteiger partial charge on any atom is 0.338 e. The number of anilines is 2. The van der Waals surface area contributed by atoms with Crippen LogP contribution in [0.2, 0.25) is 0 Å². The topological polar surface area (TPSA) is 102 Å². The summed E-state index contributed by atoms with van der Waals surface area (Å²) in [5.74, 6) is -0.669. The molecule has 28 heavy (non-hydrogen) atoms. The molecule has 1 amide bonds. The van der Waals surface area contributed by atoms with Gasteiger partial charge in [0.05, 0.1) is 17.1 Å². The number of carbonyl (C=O) groups is 2. The Balaban J connectivity index is 2.10. The van der Waals surface area contributed by atoms with E-state index in [1.165, 1.54) is 43.3 Å². The Labute approximate surface area is 165 Å². The van der Waals surface area contributed by atoms with Gasteiger partial charge in [-0.15, -0.1) is 0 Å². The second-order valence-electron chi connectivity index (χ2n) is 6.33. The summed E-state index contributed by atoms with van der Waals surface area (Å²) in [5, 5.41) is 2.64. The third-order valence-electron chi connectivity index (χ3n) is 3.92. The smallest absolute Gasteiger partial charge is 0.338 e. The van der Waals surface area contributed by atoms with Gasteiger partial charge < -0.3 is 10.1 Å². The van der Waals surface area contributed by atoms with Crippen LogP contribution in [0.25, 0.3) is 0 Å². The zero-order valence-electron chi connectivity index (χ0n) is 16.1. The zero-order chi connectivity index (χ0) is 20.7. The Bertz CT molecular complexity index is 953. The molecule has 0 spiro atoms. The van der Waals surface area contributed by atoms with Crippen LogP contribution in [0.5, 0.6) is 0 Å². The molecule has 0 unspecified atom stereocenters. The van der Waals surface area contributed by atoms with E-state index in [-0.39, 0.29) is 10.8 Å². The molecule has 0 atom stereocenters. The number of benzene rings is 2. The lowest BCUT2D eigenvalue weighted by molar-refractivity contribution is -0.114. The van der Waals surface area contributed by atoms with Crippen molar-refractivity contribution in [2.24, 2.45) is 0 Å². The molecule has 2 N–H and O–H groups in total. The fourth-order valence-electron chi connectivity index (χ4n) is 2.41. The average molecular weight is 404 g/mol. The van der Waals surface area contributed by atoms with E-state index in [9.17, 15) is 18.0 Å². The molecule has 0 heterocycles. The van der Waals surface area contributed by atoms with Crippen molar-refractivity contribution in [2.75, 3.05) is 16.6 Å². The average Bonchev–Trinajstić information content (AvgIpc) is 2.63. The standard InChI is InChI=1S/C20H24N2O5S/c1-4-5-12-27-20(24)16-6-8-17(9-7-16)22-28(25,26)18-10-11-19(14(2)13-18)21-15(3)23/h6-11,13,22H,4-5,12H2,1-3H3,(H,21,23). The van der Waals surface area contributed by atoms with E-state index in [0.717, 1.165) is 12.8 Å². The number of hydrogen-bond acceptors (Lipinski definition) is 5. The van der Waals surface area contributed by atoms with Gasteiger partial charge in [-0.3, -0.25) is 9.52 Å². The molecule has 2 aromatic rings. The van der Waals surface area contributed by atoms with Crippen molar-refractivity contribution < 1.29 is 22.7 Å². The largest absolute Gasteiger partial charge is 0.462 e. The maximum atomic E-state index is 12.6. The van der Waals surface area contributed by atoms with Crippen molar-refractivity contribution >= 4 is 33.3 Å². The Morgan fingerprint density at radius 3 is 2.32 bits per heavy atom. The van der Waals surface area contributed by atoms with Crippen LogP contribution in [0, 0.1) is 6.92 Å². The third-order valence-corrected chi connectivity index (χ3v) is 5.30. The molecule has 150 valence electrons. The van der Waals surface area contributed by atoms with Crippen molar-refractivity contribution in [3.05, 3.63) is 53.6 Å². The summed E-state index contributed by atoms with van der Waals surface area (Å²) in [6, 6.07) is 10.5. The van der Waals surface area contributed by atoms with Crippen molar-refractivity contribution in [3.8, 4) is 0 Å². The van der Waals surface area contributed by atoms with Gasteiger partial charge in [-0.1, -0.05) is 13.3 Å². The number of hydrogen-bond donors (Lipinski definition) is 2. The third kappa shape index (κ3) is 5.82. The second-order valence-corrected chi connectivity index (χ2v) is 8.01. The number of ether oxygens (including phenoxy) is 1. The number of esters is 1. The van der Waals surface area contributed by atoms with Crippen LogP contribution in [0.1, 0.15) is 42.6 Å². The van der Waals surface area contributed by atoms with Gasteiger partial charge in [0.25, 0.3) is 10.0 Å². The highest BCUT2D eigenvalue weighted by Gasteiger charge is 2.16. The van der Waals surface area contributed by atoms with Crippen LogP contribution >= 0.6 is 0 Å². The first-order valence-electron chi connectivity index (χ1n) is 8.91. The fraction of sp³-hybridized carbons (Fsp3) is 0.300. The van der Waals surface area contributed by atoms with E-state index in [2.05, 4.69) is 10.0 Å². The highest BCUT2D eigenvalue weighted by molar-refractivity contribution is 7.92. The van der Waals surface area contributed by atoms with Crippen molar-refractivity contribution in [1.82, 2.24) is 0 Å². The molecule has 0 radical (unpaired) electrons. The molecule has 8 heteroatoms. The molecule has 0 aliphatic rings. The number of sulfonamides is 1. The van der Waals surface area contributed by atoms with Crippen molar-refractivity contribution in [1.29, 1.82) is 0 Å². The van der Waals surface area contributed by atoms with E-state index in [0.29, 0.717) is 29.1 Å². The Morgan fingerprint density at radius 2 is 1.75 bits per heavy atom. The van der Waals surface area contributed by atoms with Gasteiger partial charge in [0.15, 0.2) is 0 Å². The number of amides is 1. The Morgan fingerprint density at radius 1 is 1.07 bits per heavy atom. The number of rotatable bonds is 8. The van der Waals surface area contributed by atoms with Crippen LogP contribution in [0.3, 0.4) is 0 Å². The maximum absolute atomic E-state index is 12.6. The second kappa shape index (κ2) is 9.36.